The van der Waals surface area contributed by atoms with Crippen molar-refractivity contribution in [2.45, 2.75) is 38.6 Å². The smallest absolute Gasteiger partial charge is 0.0754 e. The molecule has 0 bridgehead atoms. The molecule has 2 N–H and O–H groups in total. The van der Waals surface area contributed by atoms with E-state index in [9.17, 15) is 0 Å². The van der Waals surface area contributed by atoms with Crippen molar-refractivity contribution in [3.63, 3.8) is 0 Å². The molecule has 13 heavy (non-hydrogen) atoms. The van der Waals surface area contributed by atoms with Gasteiger partial charge in [-0.2, -0.15) is 0 Å². The van der Waals surface area contributed by atoms with Crippen LogP contribution in [0.1, 0.15) is 48.8 Å². The summed E-state index contributed by atoms with van der Waals surface area (Å²) >= 11 is 0. The van der Waals surface area contributed by atoms with Crippen LogP contribution >= 0.6 is 0 Å². The standard InChI is InChI=1S/C10H15N3/c1-6(11)9-5-12-10(7(2)13-9)8-3-4-8/h5-6,8H,3-4,11H2,1-2H3. The lowest BCUT2D eigenvalue weighted by molar-refractivity contribution is 0.755. The van der Waals surface area contributed by atoms with E-state index in [1.165, 1.54) is 18.5 Å². The molecule has 0 saturated heterocycles. The quantitative estimate of drug-likeness (QED) is 0.747. The monoisotopic (exact) mass is 177 g/mol. The largest absolute Gasteiger partial charge is 0.323 e. The highest BCUT2D eigenvalue weighted by molar-refractivity contribution is 5.21. The number of hydrogen-bond acceptors (Lipinski definition) is 3. The fraction of sp³-hybridized carbons (Fsp3) is 0.600. The van der Waals surface area contributed by atoms with Gasteiger partial charge in [-0.1, -0.05) is 0 Å². The van der Waals surface area contributed by atoms with Crippen LogP contribution in [0.2, 0.25) is 0 Å². The second-order valence-electron chi connectivity index (χ2n) is 3.83. The summed E-state index contributed by atoms with van der Waals surface area (Å²) in [6.07, 6.45) is 4.35. The summed E-state index contributed by atoms with van der Waals surface area (Å²) in [4.78, 5) is 8.87. The molecular weight excluding hydrogens is 162 g/mol. The van der Waals surface area contributed by atoms with E-state index >= 15 is 0 Å². The van der Waals surface area contributed by atoms with E-state index < -0.39 is 0 Å². The molecule has 0 radical (unpaired) electrons. The molecule has 0 amide bonds. The van der Waals surface area contributed by atoms with Crippen LogP contribution in [0.3, 0.4) is 0 Å². The van der Waals surface area contributed by atoms with Gasteiger partial charge in [-0.15, -0.1) is 0 Å². The van der Waals surface area contributed by atoms with Gasteiger partial charge in [-0.25, -0.2) is 0 Å². The molecule has 1 aromatic rings. The van der Waals surface area contributed by atoms with Crippen molar-refractivity contribution in [2.75, 3.05) is 0 Å². The molecule has 1 fully saturated rings. The maximum atomic E-state index is 5.72. The highest BCUT2D eigenvalue weighted by Gasteiger charge is 2.27. The van der Waals surface area contributed by atoms with Crippen molar-refractivity contribution >= 4 is 0 Å². The van der Waals surface area contributed by atoms with Crippen LogP contribution in [0.5, 0.6) is 0 Å². The van der Waals surface area contributed by atoms with Gasteiger partial charge in [0.15, 0.2) is 0 Å². The van der Waals surface area contributed by atoms with Crippen molar-refractivity contribution in [3.8, 4) is 0 Å². The Hall–Kier alpha value is -0.960. The van der Waals surface area contributed by atoms with Gasteiger partial charge in [0, 0.05) is 12.0 Å². The molecule has 1 unspecified atom stereocenters. The average molecular weight is 177 g/mol. The fourth-order valence-corrected chi connectivity index (χ4v) is 1.49. The molecule has 3 heteroatoms. The average Bonchev–Trinajstić information content (AvgIpc) is 2.87. The van der Waals surface area contributed by atoms with E-state index in [1.807, 2.05) is 20.0 Å². The van der Waals surface area contributed by atoms with Gasteiger partial charge in [0.1, 0.15) is 0 Å². The topological polar surface area (TPSA) is 51.8 Å². The van der Waals surface area contributed by atoms with Crippen molar-refractivity contribution in [1.82, 2.24) is 9.97 Å². The molecule has 0 aromatic carbocycles. The van der Waals surface area contributed by atoms with Crippen LogP contribution in [0.25, 0.3) is 0 Å². The van der Waals surface area contributed by atoms with E-state index in [0.717, 1.165) is 11.4 Å². The second kappa shape index (κ2) is 3.07. The third-order valence-corrected chi connectivity index (χ3v) is 2.43. The first-order chi connectivity index (χ1) is 6.18. The lowest BCUT2D eigenvalue weighted by Gasteiger charge is -2.07. The van der Waals surface area contributed by atoms with Gasteiger partial charge in [-0.3, -0.25) is 9.97 Å². The van der Waals surface area contributed by atoms with Gasteiger partial charge in [0.25, 0.3) is 0 Å². The minimum atomic E-state index is -0.0144. The van der Waals surface area contributed by atoms with E-state index in [0.29, 0.717) is 5.92 Å². The maximum Gasteiger partial charge on any atom is 0.0754 e. The van der Waals surface area contributed by atoms with E-state index in [-0.39, 0.29) is 6.04 Å². The lowest BCUT2D eigenvalue weighted by Crippen LogP contribution is -2.10. The summed E-state index contributed by atoms with van der Waals surface area (Å²) in [6.45, 7) is 3.95. The number of rotatable bonds is 2. The van der Waals surface area contributed by atoms with Gasteiger partial charge in [-0.05, 0) is 26.7 Å². The number of aromatic nitrogens is 2. The molecule has 2 rings (SSSR count). The molecule has 70 valence electrons. The van der Waals surface area contributed by atoms with Gasteiger partial charge in [0.2, 0.25) is 0 Å². The zero-order chi connectivity index (χ0) is 9.42. The second-order valence-corrected chi connectivity index (χ2v) is 3.83. The normalized spacial score (nSPS) is 18.7. The van der Waals surface area contributed by atoms with Gasteiger partial charge in [0.05, 0.1) is 23.3 Å². The predicted molar refractivity (Wildman–Crippen MR) is 51.3 cm³/mol. The van der Waals surface area contributed by atoms with Crippen molar-refractivity contribution < 1.29 is 0 Å². The van der Waals surface area contributed by atoms with Crippen LogP contribution in [0, 0.1) is 6.92 Å². The molecule has 1 atom stereocenters. The Bertz CT molecular complexity index is 316. The van der Waals surface area contributed by atoms with Crippen molar-refractivity contribution in [1.29, 1.82) is 0 Å². The van der Waals surface area contributed by atoms with Crippen LogP contribution in [-0.2, 0) is 0 Å². The van der Waals surface area contributed by atoms with Crippen LogP contribution in [0.15, 0.2) is 6.20 Å². The van der Waals surface area contributed by atoms with Crippen molar-refractivity contribution in [2.24, 2.45) is 5.73 Å². The minimum absolute atomic E-state index is 0.0144. The van der Waals surface area contributed by atoms with E-state index in [1.54, 1.807) is 0 Å². The van der Waals surface area contributed by atoms with Gasteiger partial charge >= 0.3 is 0 Å². The van der Waals surface area contributed by atoms with E-state index in [4.69, 9.17) is 5.73 Å². The summed E-state index contributed by atoms with van der Waals surface area (Å²) in [5.74, 6) is 0.676. The number of hydrogen-bond donors (Lipinski definition) is 1. The predicted octanol–water partition coefficient (Wildman–Crippen LogP) is 1.68. The Balaban J connectivity index is 2.31. The third-order valence-electron chi connectivity index (χ3n) is 2.43. The Morgan fingerprint density at radius 3 is 2.69 bits per heavy atom. The zero-order valence-corrected chi connectivity index (χ0v) is 8.12. The first-order valence-corrected chi connectivity index (χ1v) is 4.77. The molecule has 1 heterocycles. The maximum absolute atomic E-state index is 5.72. The Morgan fingerprint density at radius 2 is 2.23 bits per heavy atom. The molecule has 3 nitrogen and oxygen atoms in total. The lowest BCUT2D eigenvalue weighted by atomic mass is 10.2. The Morgan fingerprint density at radius 1 is 1.54 bits per heavy atom. The molecule has 1 aliphatic rings. The first-order valence-electron chi connectivity index (χ1n) is 4.77. The van der Waals surface area contributed by atoms with E-state index in [2.05, 4.69) is 9.97 Å². The molecule has 0 spiro atoms. The van der Waals surface area contributed by atoms with Crippen LogP contribution in [-0.4, -0.2) is 9.97 Å². The summed E-state index contributed by atoms with van der Waals surface area (Å²) in [5.41, 5.74) is 8.84. The third kappa shape index (κ3) is 1.70. The molecule has 0 aliphatic heterocycles. The zero-order valence-electron chi connectivity index (χ0n) is 8.12. The number of nitrogens with two attached hydrogens (primary N) is 1. The first kappa shape index (κ1) is 8.63. The summed E-state index contributed by atoms with van der Waals surface area (Å²) in [5, 5.41) is 0. The van der Waals surface area contributed by atoms with Gasteiger partial charge < -0.3 is 5.73 Å². The summed E-state index contributed by atoms with van der Waals surface area (Å²) in [7, 11) is 0. The SMILES string of the molecule is Cc1nc(C(C)N)cnc1C1CC1. The number of aryl methyl sites for hydroxylation is 1. The van der Waals surface area contributed by atoms with Crippen LogP contribution in [0.4, 0.5) is 0 Å². The Labute approximate surface area is 78.4 Å². The molecule has 1 aliphatic carbocycles. The molecule has 1 aromatic heterocycles. The number of nitrogens with zero attached hydrogens (tertiary/aromatic N) is 2. The fourth-order valence-electron chi connectivity index (χ4n) is 1.49. The summed E-state index contributed by atoms with van der Waals surface area (Å²) < 4.78 is 0. The van der Waals surface area contributed by atoms with Crippen LogP contribution < -0.4 is 5.73 Å². The highest BCUT2D eigenvalue weighted by atomic mass is 14.9. The Kier molecular flexibility index (Phi) is 2.04. The minimum Gasteiger partial charge on any atom is -0.323 e. The molecule has 1 saturated carbocycles. The highest BCUT2D eigenvalue weighted by Crippen LogP contribution is 2.39. The van der Waals surface area contributed by atoms with Crippen molar-refractivity contribution in [3.05, 3.63) is 23.3 Å². The summed E-state index contributed by atoms with van der Waals surface area (Å²) in [6, 6.07) is -0.0144. The molecular formula is C10H15N3.